The first-order valence-corrected chi connectivity index (χ1v) is 19.2. The van der Waals surface area contributed by atoms with Gasteiger partial charge in [-0.05, 0) is 77.4 Å². The minimum Gasteiger partial charge on any atom is -0.305 e. The molecule has 0 N–H and O–H groups in total. The normalized spacial score (nSPS) is 13.9. The fourth-order valence-electron chi connectivity index (χ4n) is 6.21. The van der Waals surface area contributed by atoms with Gasteiger partial charge < -0.3 is 9.97 Å². The molecule has 6 rings (SSSR count). The Hall–Kier alpha value is -3.17. The zero-order valence-corrected chi connectivity index (χ0v) is 30.3. The van der Waals surface area contributed by atoms with Crippen molar-refractivity contribution >= 4 is 13.3 Å². The molecule has 0 bridgehead atoms. The Morgan fingerprint density at radius 1 is 0.750 bits per heavy atom. The first-order valence-electron chi connectivity index (χ1n) is 15.7. The van der Waals surface area contributed by atoms with Crippen LogP contribution in [0.2, 0.25) is 19.6 Å². The predicted octanol–water partition coefficient (Wildman–Crippen LogP) is 10.2. The van der Waals surface area contributed by atoms with Gasteiger partial charge in [-0.25, -0.2) is 0 Å². The summed E-state index contributed by atoms with van der Waals surface area (Å²) in [7, 11) is -1.39. The molecule has 1 unspecified atom stereocenters. The van der Waals surface area contributed by atoms with Crippen molar-refractivity contribution in [3.8, 4) is 33.6 Å². The van der Waals surface area contributed by atoms with Crippen molar-refractivity contribution < 1.29 is 20.1 Å². The van der Waals surface area contributed by atoms with Gasteiger partial charge in [0.15, 0.2) is 0 Å². The third kappa shape index (κ3) is 8.10. The molecule has 0 spiro atoms. The molecule has 4 heteroatoms. The van der Waals surface area contributed by atoms with Gasteiger partial charge in [-0.3, -0.25) is 0 Å². The second kappa shape index (κ2) is 15.2. The van der Waals surface area contributed by atoms with Gasteiger partial charge in [-0.1, -0.05) is 81.4 Å². The van der Waals surface area contributed by atoms with Crippen molar-refractivity contribution in [1.29, 1.82) is 0 Å². The number of aryl methyl sites for hydroxylation is 1. The van der Waals surface area contributed by atoms with Crippen molar-refractivity contribution in [3.63, 3.8) is 0 Å². The molecule has 2 heterocycles. The van der Waals surface area contributed by atoms with Crippen LogP contribution in [0.15, 0.2) is 97.3 Å². The number of rotatable bonds is 6. The molecular formula is C40H44IrN2Si-2. The summed E-state index contributed by atoms with van der Waals surface area (Å²) in [6, 6.07) is 35.5. The van der Waals surface area contributed by atoms with E-state index in [9.17, 15) is 0 Å². The molecular weight excluding hydrogens is 729 g/mol. The van der Waals surface area contributed by atoms with Crippen LogP contribution < -0.4 is 5.19 Å². The van der Waals surface area contributed by atoms with Crippen LogP contribution >= 0.6 is 0 Å². The van der Waals surface area contributed by atoms with Crippen molar-refractivity contribution in [1.82, 2.24) is 9.97 Å². The predicted molar refractivity (Wildman–Crippen MR) is 185 cm³/mol. The molecule has 1 fully saturated rings. The molecule has 0 aliphatic heterocycles. The second-order valence-electron chi connectivity index (χ2n) is 13.0. The molecule has 5 aromatic rings. The molecule has 0 saturated heterocycles. The van der Waals surface area contributed by atoms with E-state index in [2.05, 4.69) is 112 Å². The van der Waals surface area contributed by atoms with Gasteiger partial charge in [-0.2, -0.15) is 0 Å². The fourth-order valence-corrected chi connectivity index (χ4v) is 7.83. The SMILES string of the molecule is CC(c1cc(-c2[c-]cccc2)ncc1[Si](C)(C)C)C1CCCC1.Cc1cccc(-c2ccc(-c3[c-]cccc3)nc2)c1C.[Ir]. The van der Waals surface area contributed by atoms with Gasteiger partial charge >= 0.3 is 0 Å². The number of hydrogen-bond acceptors (Lipinski definition) is 2. The van der Waals surface area contributed by atoms with Crippen LogP contribution in [0.3, 0.4) is 0 Å². The van der Waals surface area contributed by atoms with Gasteiger partial charge in [0.1, 0.15) is 0 Å². The monoisotopic (exact) mass is 773 g/mol. The van der Waals surface area contributed by atoms with Gasteiger partial charge in [0.05, 0.1) is 8.07 Å². The summed E-state index contributed by atoms with van der Waals surface area (Å²) < 4.78 is 0. The third-order valence-corrected chi connectivity index (χ3v) is 11.0. The molecule has 44 heavy (non-hydrogen) atoms. The zero-order valence-electron chi connectivity index (χ0n) is 26.9. The summed E-state index contributed by atoms with van der Waals surface area (Å²) in [5.41, 5.74) is 10.8. The van der Waals surface area contributed by atoms with E-state index in [1.807, 2.05) is 42.6 Å². The molecule has 1 saturated carbocycles. The Kier molecular flexibility index (Phi) is 11.7. The summed E-state index contributed by atoms with van der Waals surface area (Å²) in [5.74, 6) is 1.49. The van der Waals surface area contributed by atoms with Crippen molar-refractivity contribution in [2.75, 3.05) is 0 Å². The minimum absolute atomic E-state index is 0. The van der Waals surface area contributed by atoms with Crippen LogP contribution in [0.5, 0.6) is 0 Å². The zero-order chi connectivity index (χ0) is 30.4. The maximum atomic E-state index is 4.79. The average molecular weight is 773 g/mol. The fraction of sp³-hybridized carbons (Fsp3) is 0.300. The Morgan fingerprint density at radius 2 is 1.39 bits per heavy atom. The van der Waals surface area contributed by atoms with E-state index in [1.54, 1.807) is 5.56 Å². The summed E-state index contributed by atoms with van der Waals surface area (Å²) in [4.78, 5) is 9.35. The number of pyridine rings is 2. The summed E-state index contributed by atoms with van der Waals surface area (Å²) >= 11 is 0. The van der Waals surface area contributed by atoms with E-state index in [-0.39, 0.29) is 20.1 Å². The van der Waals surface area contributed by atoms with Crippen LogP contribution in [0, 0.1) is 31.9 Å². The summed E-state index contributed by atoms with van der Waals surface area (Å²) in [6.45, 7) is 14.0. The van der Waals surface area contributed by atoms with Crippen molar-refractivity contribution in [3.05, 3.63) is 126 Å². The quantitative estimate of drug-likeness (QED) is 0.127. The molecule has 3 aromatic carbocycles. The minimum atomic E-state index is -1.39. The van der Waals surface area contributed by atoms with Crippen molar-refractivity contribution in [2.24, 2.45) is 5.92 Å². The maximum absolute atomic E-state index is 4.79. The van der Waals surface area contributed by atoms with Crippen LogP contribution in [0.4, 0.5) is 0 Å². The largest absolute Gasteiger partial charge is 0.305 e. The first kappa shape index (κ1) is 33.7. The third-order valence-electron chi connectivity index (χ3n) is 8.99. The molecule has 0 amide bonds. The van der Waals surface area contributed by atoms with Gasteiger partial charge in [0, 0.05) is 32.5 Å². The van der Waals surface area contributed by atoms with E-state index < -0.39 is 8.07 Å². The standard InChI is InChI=1S/C21H28NSi.C19H16N.Ir/c1-16(17-10-8-9-11-17)19-14-20(18-12-6-5-7-13-18)22-15-21(19)23(2,3)4;1-14-7-6-10-18(15(14)2)17-11-12-19(20-13-17)16-8-4-3-5-9-16;/h5-7,12,14-17H,8-11H2,1-4H3;3-8,10-13H,1-2H3;/q2*-1;. The van der Waals surface area contributed by atoms with Crippen LogP contribution in [0.25, 0.3) is 33.6 Å². The molecule has 229 valence electrons. The molecule has 2 nitrogen and oxygen atoms in total. The van der Waals surface area contributed by atoms with E-state index in [0.717, 1.165) is 34.0 Å². The number of aromatic nitrogens is 2. The van der Waals surface area contributed by atoms with Gasteiger partial charge in [0.2, 0.25) is 0 Å². The Morgan fingerprint density at radius 3 is 1.95 bits per heavy atom. The molecule has 1 aliphatic carbocycles. The summed E-state index contributed by atoms with van der Waals surface area (Å²) in [5, 5.41) is 1.54. The van der Waals surface area contributed by atoms with E-state index >= 15 is 0 Å². The summed E-state index contributed by atoms with van der Waals surface area (Å²) in [6.07, 6.45) is 9.70. The number of hydrogen-bond donors (Lipinski definition) is 0. The number of nitrogens with zero attached hydrogens (tertiary/aromatic N) is 2. The Balaban J connectivity index is 0.000000198. The van der Waals surface area contributed by atoms with Crippen molar-refractivity contribution in [2.45, 2.75) is 72.0 Å². The molecule has 1 radical (unpaired) electrons. The van der Waals surface area contributed by atoms with Crippen LogP contribution in [-0.4, -0.2) is 18.0 Å². The van der Waals surface area contributed by atoms with Gasteiger partial charge in [0.25, 0.3) is 0 Å². The molecule has 1 atom stereocenters. The van der Waals surface area contributed by atoms with Gasteiger partial charge in [-0.15, -0.1) is 71.8 Å². The first-order chi connectivity index (χ1) is 20.7. The smallest absolute Gasteiger partial charge is 0.0799 e. The van der Waals surface area contributed by atoms with E-state index in [0.29, 0.717) is 5.92 Å². The second-order valence-corrected chi connectivity index (χ2v) is 18.0. The van der Waals surface area contributed by atoms with E-state index in [4.69, 9.17) is 4.98 Å². The average Bonchev–Trinajstić information content (AvgIpc) is 3.58. The maximum Gasteiger partial charge on any atom is 0.0799 e. The molecule has 2 aromatic heterocycles. The molecule has 1 aliphatic rings. The Labute approximate surface area is 279 Å². The number of benzene rings is 3. The van der Waals surface area contributed by atoms with E-state index in [1.165, 1.54) is 47.6 Å². The Bertz CT molecular complexity index is 1620. The van der Waals surface area contributed by atoms with Crippen LogP contribution in [0.1, 0.15) is 55.2 Å². The topological polar surface area (TPSA) is 25.8 Å². The van der Waals surface area contributed by atoms with Crippen LogP contribution in [-0.2, 0) is 20.1 Å².